The van der Waals surface area contributed by atoms with Gasteiger partial charge in [0.05, 0.1) is 22.7 Å². The highest BCUT2D eigenvalue weighted by Gasteiger charge is 2.21. The third kappa shape index (κ3) is 5.36. The van der Waals surface area contributed by atoms with E-state index in [2.05, 4.69) is 32.3 Å². The van der Waals surface area contributed by atoms with E-state index in [9.17, 15) is 18.4 Å². The van der Waals surface area contributed by atoms with Crippen LogP contribution in [0.25, 0.3) is 0 Å². The first kappa shape index (κ1) is 21.2. The number of benzene rings is 2. The van der Waals surface area contributed by atoms with Gasteiger partial charge in [-0.3, -0.25) is 14.5 Å². The van der Waals surface area contributed by atoms with E-state index in [1.165, 1.54) is 5.56 Å². The smallest absolute Gasteiger partial charge is 0.256 e. The molecule has 0 spiro atoms. The number of hydrogen-bond acceptors (Lipinski definition) is 5. The first-order valence-electron chi connectivity index (χ1n) is 9.74. The summed E-state index contributed by atoms with van der Waals surface area (Å²) in [4.78, 5) is 34.1. The quantitative estimate of drug-likeness (QED) is 0.452. The van der Waals surface area contributed by atoms with Crippen LogP contribution in [0.5, 0.6) is 0 Å². The van der Waals surface area contributed by atoms with E-state index in [1.807, 2.05) is 18.2 Å². The van der Waals surface area contributed by atoms with E-state index >= 15 is 0 Å². The summed E-state index contributed by atoms with van der Waals surface area (Å²) >= 11 is 1.04. The standard InChI is InChI=1S/C22H20F2N4O2S/c23-15-6-7-17(24)19(10-15)25-20(29)13-31-22-26-18-8-9-28(12-16(18)21(30)27-22)11-14-4-2-1-3-5-14/h1-7,10H,8-9,11-13H2,(H,25,29)(H,26,27,30). The number of nitrogens with one attached hydrogen (secondary N) is 2. The summed E-state index contributed by atoms with van der Waals surface area (Å²) in [5.74, 6) is -1.99. The maximum Gasteiger partial charge on any atom is 0.256 e. The lowest BCUT2D eigenvalue weighted by molar-refractivity contribution is -0.113. The van der Waals surface area contributed by atoms with Gasteiger partial charge in [0.1, 0.15) is 11.6 Å². The molecule has 2 N–H and O–H groups in total. The lowest BCUT2D eigenvalue weighted by Crippen LogP contribution is -2.35. The summed E-state index contributed by atoms with van der Waals surface area (Å²) in [5, 5.41) is 2.65. The molecular weight excluding hydrogens is 422 g/mol. The van der Waals surface area contributed by atoms with E-state index in [4.69, 9.17) is 0 Å². The number of anilines is 1. The first-order chi connectivity index (χ1) is 15.0. The molecule has 6 nitrogen and oxygen atoms in total. The molecule has 0 radical (unpaired) electrons. The first-order valence-corrected chi connectivity index (χ1v) is 10.7. The second-order valence-electron chi connectivity index (χ2n) is 7.20. The number of H-pyrrole nitrogens is 1. The van der Waals surface area contributed by atoms with Crippen molar-refractivity contribution in [1.29, 1.82) is 0 Å². The molecule has 0 atom stereocenters. The minimum atomic E-state index is -0.722. The number of rotatable bonds is 6. The monoisotopic (exact) mass is 442 g/mol. The van der Waals surface area contributed by atoms with Crippen LogP contribution in [0.15, 0.2) is 58.5 Å². The van der Waals surface area contributed by atoms with Crippen LogP contribution in [0, 0.1) is 11.6 Å². The molecule has 0 bridgehead atoms. The van der Waals surface area contributed by atoms with E-state index in [0.717, 1.165) is 48.7 Å². The van der Waals surface area contributed by atoms with Crippen molar-refractivity contribution in [2.75, 3.05) is 17.6 Å². The van der Waals surface area contributed by atoms with Gasteiger partial charge < -0.3 is 10.3 Å². The zero-order valence-corrected chi connectivity index (χ0v) is 17.3. The maximum atomic E-state index is 13.7. The minimum Gasteiger partial charge on any atom is -0.323 e. The van der Waals surface area contributed by atoms with Gasteiger partial charge in [-0.2, -0.15) is 0 Å². The molecule has 160 valence electrons. The molecule has 3 aromatic rings. The van der Waals surface area contributed by atoms with Crippen LogP contribution >= 0.6 is 11.8 Å². The maximum absolute atomic E-state index is 13.7. The fourth-order valence-electron chi connectivity index (χ4n) is 3.42. The van der Waals surface area contributed by atoms with Gasteiger partial charge in [0.15, 0.2) is 5.16 Å². The third-order valence-electron chi connectivity index (χ3n) is 4.92. The average Bonchev–Trinajstić information content (AvgIpc) is 2.76. The Balaban J connectivity index is 1.38. The molecule has 1 aromatic heterocycles. The second-order valence-corrected chi connectivity index (χ2v) is 8.17. The number of halogens is 2. The van der Waals surface area contributed by atoms with Crippen molar-refractivity contribution in [1.82, 2.24) is 14.9 Å². The van der Waals surface area contributed by atoms with Gasteiger partial charge in [-0.15, -0.1) is 0 Å². The number of thioether (sulfide) groups is 1. The zero-order valence-electron chi connectivity index (χ0n) is 16.5. The lowest BCUT2D eigenvalue weighted by Gasteiger charge is -2.27. The second kappa shape index (κ2) is 9.40. The summed E-state index contributed by atoms with van der Waals surface area (Å²) in [7, 11) is 0. The van der Waals surface area contributed by atoms with Crippen LogP contribution in [0.1, 0.15) is 16.8 Å². The molecule has 9 heteroatoms. The Morgan fingerprint density at radius 2 is 2.00 bits per heavy atom. The van der Waals surface area contributed by atoms with Crippen molar-refractivity contribution in [2.45, 2.75) is 24.7 Å². The fraction of sp³-hybridized carbons (Fsp3) is 0.227. The van der Waals surface area contributed by atoms with Crippen LogP contribution in [0.3, 0.4) is 0 Å². The highest BCUT2D eigenvalue weighted by molar-refractivity contribution is 7.99. The van der Waals surface area contributed by atoms with Crippen LogP contribution in [-0.4, -0.2) is 33.1 Å². The molecule has 0 fully saturated rings. The van der Waals surface area contributed by atoms with Crippen molar-refractivity contribution >= 4 is 23.4 Å². The number of nitrogens with zero attached hydrogens (tertiary/aromatic N) is 2. The number of amides is 1. The molecular formula is C22H20F2N4O2S. The molecule has 1 aliphatic heterocycles. The Kier molecular flexibility index (Phi) is 6.43. The Morgan fingerprint density at radius 3 is 2.81 bits per heavy atom. The van der Waals surface area contributed by atoms with Gasteiger partial charge in [0.25, 0.3) is 5.56 Å². The van der Waals surface area contributed by atoms with Gasteiger partial charge in [-0.1, -0.05) is 42.1 Å². The minimum absolute atomic E-state index is 0.0994. The van der Waals surface area contributed by atoms with Crippen molar-refractivity contribution < 1.29 is 13.6 Å². The molecule has 1 amide bonds. The van der Waals surface area contributed by atoms with Gasteiger partial charge >= 0.3 is 0 Å². The number of aromatic nitrogens is 2. The van der Waals surface area contributed by atoms with Gasteiger partial charge in [0.2, 0.25) is 5.91 Å². The molecule has 2 aromatic carbocycles. The number of aromatic amines is 1. The van der Waals surface area contributed by atoms with Crippen LogP contribution in [0.4, 0.5) is 14.5 Å². The normalized spacial score (nSPS) is 13.6. The van der Waals surface area contributed by atoms with E-state index in [0.29, 0.717) is 23.7 Å². The van der Waals surface area contributed by atoms with Crippen molar-refractivity contribution in [3.8, 4) is 0 Å². The molecule has 0 saturated heterocycles. The molecule has 0 unspecified atom stereocenters. The number of fused-ring (bicyclic) bond motifs is 1. The average molecular weight is 442 g/mol. The van der Waals surface area contributed by atoms with Crippen molar-refractivity contribution in [2.24, 2.45) is 0 Å². The SMILES string of the molecule is O=C(CSc1nc2c(c(=O)[nH]1)CN(Cc1ccccc1)CC2)Nc1cc(F)ccc1F. The summed E-state index contributed by atoms with van der Waals surface area (Å²) in [6.45, 7) is 2.05. The summed E-state index contributed by atoms with van der Waals surface area (Å²) < 4.78 is 26.9. The van der Waals surface area contributed by atoms with E-state index in [-0.39, 0.29) is 17.0 Å². The van der Waals surface area contributed by atoms with Crippen LogP contribution in [0.2, 0.25) is 0 Å². The Morgan fingerprint density at radius 1 is 1.19 bits per heavy atom. The molecule has 4 rings (SSSR count). The fourth-order valence-corrected chi connectivity index (χ4v) is 4.10. The molecule has 2 heterocycles. The molecule has 0 saturated carbocycles. The van der Waals surface area contributed by atoms with Crippen molar-refractivity contribution in [3.63, 3.8) is 0 Å². The van der Waals surface area contributed by atoms with Crippen LogP contribution in [-0.2, 0) is 24.3 Å². The molecule has 1 aliphatic rings. The predicted octanol–water partition coefficient (Wildman–Crippen LogP) is 3.34. The number of hydrogen-bond donors (Lipinski definition) is 2. The number of carbonyl (C=O) groups is 1. The predicted molar refractivity (Wildman–Crippen MR) is 115 cm³/mol. The lowest BCUT2D eigenvalue weighted by atomic mass is 10.1. The third-order valence-corrected chi connectivity index (χ3v) is 5.79. The van der Waals surface area contributed by atoms with Crippen LogP contribution < -0.4 is 10.9 Å². The van der Waals surface area contributed by atoms with Gasteiger partial charge in [-0.25, -0.2) is 13.8 Å². The van der Waals surface area contributed by atoms with E-state index in [1.54, 1.807) is 0 Å². The Labute approximate surface area is 181 Å². The molecule has 31 heavy (non-hydrogen) atoms. The highest BCUT2D eigenvalue weighted by Crippen LogP contribution is 2.20. The Bertz CT molecular complexity index is 1150. The number of carbonyl (C=O) groups excluding carboxylic acids is 1. The van der Waals surface area contributed by atoms with Crippen molar-refractivity contribution in [3.05, 3.63) is 87.3 Å². The Hall–Kier alpha value is -3.04. The zero-order chi connectivity index (χ0) is 21.8. The van der Waals surface area contributed by atoms with E-state index < -0.39 is 17.5 Å². The van der Waals surface area contributed by atoms with Gasteiger partial charge in [-0.05, 0) is 17.7 Å². The summed E-state index contributed by atoms with van der Waals surface area (Å²) in [5.41, 5.74) is 2.10. The van der Waals surface area contributed by atoms with Gasteiger partial charge in [0, 0.05) is 32.1 Å². The summed E-state index contributed by atoms with van der Waals surface area (Å²) in [6, 6.07) is 12.9. The highest BCUT2D eigenvalue weighted by atomic mass is 32.2. The molecule has 0 aliphatic carbocycles. The largest absolute Gasteiger partial charge is 0.323 e. The topological polar surface area (TPSA) is 78.1 Å². The summed E-state index contributed by atoms with van der Waals surface area (Å²) in [6.07, 6.45) is 0.639.